The molecule has 0 unspecified atom stereocenters. The Kier molecular flexibility index (Phi) is 2.59. The minimum atomic E-state index is 0.668. The third kappa shape index (κ3) is 1.57. The van der Waals surface area contributed by atoms with Crippen LogP contribution in [0.25, 0.3) is 0 Å². The number of rotatable bonds is 3. The zero-order valence-electron chi connectivity index (χ0n) is 6.50. The van der Waals surface area contributed by atoms with Crippen molar-refractivity contribution in [3.63, 3.8) is 0 Å². The Balaban J connectivity index is 3.06. The summed E-state index contributed by atoms with van der Waals surface area (Å²) in [4.78, 5) is 0. The smallest absolute Gasteiger partial charge is 0.195 e. The number of hydrogen-bond donors (Lipinski definition) is 1. The first-order valence-electron chi connectivity index (χ1n) is 3.54. The van der Waals surface area contributed by atoms with Gasteiger partial charge in [-0.2, -0.15) is 5.10 Å². The molecule has 60 valence electrons. The van der Waals surface area contributed by atoms with Gasteiger partial charge in [-0.15, -0.1) is 6.58 Å². The largest absolute Gasteiger partial charge is 0.300 e. The molecule has 0 bridgehead atoms. The number of allylic oxidation sites excluding steroid dienone is 1. The molecule has 0 aliphatic carbocycles. The number of H-pyrrole nitrogens is 1. The predicted octanol–water partition coefficient (Wildman–Crippen LogP) is 1.69. The van der Waals surface area contributed by atoms with E-state index in [1.807, 2.05) is 17.6 Å². The predicted molar refractivity (Wildman–Crippen MR) is 47.0 cm³/mol. The molecule has 0 aliphatic heterocycles. The van der Waals surface area contributed by atoms with Crippen LogP contribution < -0.4 is 0 Å². The summed E-state index contributed by atoms with van der Waals surface area (Å²) in [6.07, 6.45) is 2.70. The maximum atomic E-state index is 5.00. The molecule has 0 fully saturated rings. The Morgan fingerprint density at radius 2 is 2.55 bits per heavy atom. The number of nitrogens with one attached hydrogen (secondary N) is 1. The fraction of sp³-hybridized carbons (Fsp3) is 0.429. The lowest BCUT2D eigenvalue weighted by molar-refractivity contribution is 0.740. The number of aryl methyl sites for hydroxylation is 1. The van der Waals surface area contributed by atoms with Crippen LogP contribution in [0.3, 0.4) is 0 Å². The molecule has 1 heterocycles. The van der Waals surface area contributed by atoms with Gasteiger partial charge in [-0.1, -0.05) is 13.0 Å². The van der Waals surface area contributed by atoms with E-state index in [2.05, 4.69) is 16.8 Å². The molecule has 1 aromatic heterocycles. The first-order valence-corrected chi connectivity index (χ1v) is 3.95. The summed E-state index contributed by atoms with van der Waals surface area (Å²) in [6, 6.07) is 0. The topological polar surface area (TPSA) is 33.6 Å². The van der Waals surface area contributed by atoms with Crippen LogP contribution in [0.5, 0.6) is 0 Å². The van der Waals surface area contributed by atoms with Crippen LogP contribution in [-0.2, 0) is 13.0 Å². The van der Waals surface area contributed by atoms with Gasteiger partial charge in [0.1, 0.15) is 5.82 Å². The lowest BCUT2D eigenvalue weighted by Crippen LogP contribution is -2.00. The highest BCUT2D eigenvalue weighted by molar-refractivity contribution is 7.71. The zero-order chi connectivity index (χ0) is 8.27. The molecule has 0 atom stereocenters. The van der Waals surface area contributed by atoms with Crippen LogP contribution in [0.2, 0.25) is 0 Å². The maximum Gasteiger partial charge on any atom is 0.195 e. The second-order valence-electron chi connectivity index (χ2n) is 2.20. The van der Waals surface area contributed by atoms with E-state index in [-0.39, 0.29) is 0 Å². The van der Waals surface area contributed by atoms with Gasteiger partial charge in [0.2, 0.25) is 0 Å². The molecule has 4 heteroatoms. The quantitative estimate of drug-likeness (QED) is 0.552. The van der Waals surface area contributed by atoms with E-state index in [0.717, 1.165) is 18.8 Å². The number of nitrogens with zero attached hydrogens (tertiary/aromatic N) is 2. The third-order valence-corrected chi connectivity index (χ3v) is 1.78. The highest BCUT2D eigenvalue weighted by Gasteiger charge is 1.99. The van der Waals surface area contributed by atoms with Gasteiger partial charge in [0, 0.05) is 13.0 Å². The van der Waals surface area contributed by atoms with Crippen molar-refractivity contribution >= 4 is 12.2 Å². The van der Waals surface area contributed by atoms with Gasteiger partial charge in [0.15, 0.2) is 4.77 Å². The summed E-state index contributed by atoms with van der Waals surface area (Å²) in [5.41, 5.74) is 0. The molecular weight excluding hydrogens is 158 g/mol. The average Bonchev–Trinajstić information content (AvgIpc) is 2.34. The maximum absolute atomic E-state index is 5.00. The van der Waals surface area contributed by atoms with Gasteiger partial charge in [0.05, 0.1) is 0 Å². The van der Waals surface area contributed by atoms with Gasteiger partial charge in [-0.25, -0.2) is 0 Å². The normalized spacial score (nSPS) is 9.91. The van der Waals surface area contributed by atoms with Crippen LogP contribution in [0.1, 0.15) is 12.7 Å². The Morgan fingerprint density at radius 3 is 3.09 bits per heavy atom. The Bertz CT molecular complexity index is 297. The van der Waals surface area contributed by atoms with Gasteiger partial charge >= 0.3 is 0 Å². The molecule has 0 saturated carbocycles. The fourth-order valence-corrected chi connectivity index (χ4v) is 1.16. The molecule has 1 aromatic rings. The van der Waals surface area contributed by atoms with Crippen LogP contribution in [0, 0.1) is 4.77 Å². The van der Waals surface area contributed by atoms with Crippen LogP contribution in [0.4, 0.5) is 0 Å². The monoisotopic (exact) mass is 169 g/mol. The van der Waals surface area contributed by atoms with Crippen molar-refractivity contribution in [3.05, 3.63) is 23.3 Å². The summed E-state index contributed by atoms with van der Waals surface area (Å²) < 4.78 is 2.60. The fourth-order valence-electron chi connectivity index (χ4n) is 0.938. The van der Waals surface area contributed by atoms with Crippen LogP contribution in [-0.4, -0.2) is 14.8 Å². The Labute approximate surface area is 70.8 Å². The molecule has 0 saturated heterocycles. The minimum Gasteiger partial charge on any atom is -0.300 e. The second-order valence-corrected chi connectivity index (χ2v) is 2.58. The molecule has 1 N–H and O–H groups in total. The molecular formula is C7H11N3S. The highest BCUT2D eigenvalue weighted by Crippen LogP contribution is 1.98. The van der Waals surface area contributed by atoms with Gasteiger partial charge in [-0.3, -0.25) is 5.10 Å². The minimum absolute atomic E-state index is 0.668. The van der Waals surface area contributed by atoms with Crippen molar-refractivity contribution in [3.8, 4) is 0 Å². The van der Waals surface area contributed by atoms with Crippen molar-refractivity contribution < 1.29 is 0 Å². The Hall–Kier alpha value is -0.900. The number of aromatic amines is 1. The molecule has 0 radical (unpaired) electrons. The number of hydrogen-bond acceptors (Lipinski definition) is 2. The van der Waals surface area contributed by atoms with E-state index < -0.39 is 0 Å². The van der Waals surface area contributed by atoms with Crippen LogP contribution >= 0.6 is 12.2 Å². The van der Waals surface area contributed by atoms with E-state index >= 15 is 0 Å². The van der Waals surface area contributed by atoms with Crippen molar-refractivity contribution in [2.45, 2.75) is 19.9 Å². The van der Waals surface area contributed by atoms with Crippen molar-refractivity contribution in [2.75, 3.05) is 0 Å². The zero-order valence-corrected chi connectivity index (χ0v) is 7.32. The lowest BCUT2D eigenvalue weighted by Gasteiger charge is -1.98. The first-order chi connectivity index (χ1) is 5.29. The van der Waals surface area contributed by atoms with E-state index in [9.17, 15) is 0 Å². The summed E-state index contributed by atoms with van der Waals surface area (Å²) in [5.74, 6) is 0.981. The van der Waals surface area contributed by atoms with Gasteiger partial charge in [0.25, 0.3) is 0 Å². The first kappa shape index (κ1) is 8.20. The van der Waals surface area contributed by atoms with E-state index in [0.29, 0.717) is 4.77 Å². The SMILES string of the molecule is C=CCn1c(CC)n[nH]c1=S. The standard InChI is InChI=1S/C7H11N3S/c1-3-5-10-6(4-2)8-9-7(10)11/h3H,1,4-5H2,2H3,(H,9,11). The van der Waals surface area contributed by atoms with Crippen LogP contribution in [0.15, 0.2) is 12.7 Å². The summed E-state index contributed by atoms with van der Waals surface area (Å²) in [5, 5.41) is 6.79. The summed E-state index contributed by atoms with van der Waals surface area (Å²) in [7, 11) is 0. The summed E-state index contributed by atoms with van der Waals surface area (Å²) >= 11 is 5.00. The molecule has 0 aliphatic rings. The number of aromatic nitrogens is 3. The third-order valence-electron chi connectivity index (χ3n) is 1.47. The molecule has 3 nitrogen and oxygen atoms in total. The molecule has 0 spiro atoms. The van der Waals surface area contributed by atoms with Crippen molar-refractivity contribution in [1.29, 1.82) is 0 Å². The average molecular weight is 169 g/mol. The van der Waals surface area contributed by atoms with E-state index in [1.54, 1.807) is 0 Å². The van der Waals surface area contributed by atoms with Crippen molar-refractivity contribution in [1.82, 2.24) is 14.8 Å². The van der Waals surface area contributed by atoms with Crippen molar-refractivity contribution in [2.24, 2.45) is 0 Å². The Morgan fingerprint density at radius 1 is 1.82 bits per heavy atom. The van der Waals surface area contributed by atoms with E-state index in [1.165, 1.54) is 0 Å². The lowest BCUT2D eigenvalue weighted by atomic mass is 10.4. The summed E-state index contributed by atoms with van der Waals surface area (Å²) in [6.45, 7) is 6.42. The molecule has 0 amide bonds. The van der Waals surface area contributed by atoms with E-state index in [4.69, 9.17) is 12.2 Å². The van der Waals surface area contributed by atoms with Gasteiger partial charge in [-0.05, 0) is 12.2 Å². The molecule has 11 heavy (non-hydrogen) atoms. The highest BCUT2D eigenvalue weighted by atomic mass is 32.1. The van der Waals surface area contributed by atoms with Gasteiger partial charge < -0.3 is 4.57 Å². The molecule has 0 aromatic carbocycles. The second kappa shape index (κ2) is 3.48. The molecule has 1 rings (SSSR count).